The van der Waals surface area contributed by atoms with Crippen LogP contribution >= 0.6 is 0 Å². The van der Waals surface area contributed by atoms with Gasteiger partial charge in [0, 0.05) is 5.69 Å². The number of carboxylic acid groups (broad SMARTS) is 1. The summed E-state index contributed by atoms with van der Waals surface area (Å²) in [6, 6.07) is 6.07. The molecule has 0 spiro atoms. The normalized spacial score (nSPS) is 29.9. The number of aliphatic carboxylic acids is 1. The lowest BCUT2D eigenvalue weighted by Gasteiger charge is -2.39. The molecule has 2 aliphatic carbocycles. The van der Waals surface area contributed by atoms with E-state index in [0.29, 0.717) is 30.4 Å². The van der Waals surface area contributed by atoms with E-state index in [2.05, 4.69) is 5.32 Å². The van der Waals surface area contributed by atoms with Crippen LogP contribution in [0.15, 0.2) is 24.3 Å². The van der Waals surface area contributed by atoms with Crippen LogP contribution in [0.4, 0.5) is 10.1 Å². The van der Waals surface area contributed by atoms with Gasteiger partial charge >= 0.3 is 5.97 Å². The van der Waals surface area contributed by atoms with Gasteiger partial charge in [0.2, 0.25) is 0 Å². The standard InChI is InChI=1S/C16H20FNO2/c17-13-4-1-5-14(9-13)18-16(15(19)20)8-2-3-12(10-16)11-6-7-11/h1,4-5,9,11-12,18H,2-3,6-8,10H2,(H,19,20). The monoisotopic (exact) mass is 277 g/mol. The first kappa shape index (κ1) is 13.4. The third-order valence-electron chi connectivity index (χ3n) is 4.70. The van der Waals surface area contributed by atoms with E-state index in [1.165, 1.54) is 25.0 Å². The van der Waals surface area contributed by atoms with Crippen LogP contribution in [-0.4, -0.2) is 16.6 Å². The van der Waals surface area contributed by atoms with Crippen molar-refractivity contribution < 1.29 is 14.3 Å². The van der Waals surface area contributed by atoms with Crippen molar-refractivity contribution in [1.29, 1.82) is 0 Å². The summed E-state index contributed by atoms with van der Waals surface area (Å²) < 4.78 is 13.3. The molecule has 0 radical (unpaired) electrons. The first-order chi connectivity index (χ1) is 9.59. The van der Waals surface area contributed by atoms with Crippen molar-refractivity contribution in [2.24, 2.45) is 11.8 Å². The number of rotatable bonds is 4. The highest BCUT2D eigenvalue weighted by molar-refractivity contribution is 5.83. The maximum atomic E-state index is 13.3. The van der Waals surface area contributed by atoms with E-state index >= 15 is 0 Å². The molecule has 0 aliphatic heterocycles. The van der Waals surface area contributed by atoms with Crippen molar-refractivity contribution in [1.82, 2.24) is 0 Å². The molecule has 3 rings (SSSR count). The maximum Gasteiger partial charge on any atom is 0.329 e. The van der Waals surface area contributed by atoms with Gasteiger partial charge in [-0.2, -0.15) is 0 Å². The number of carbonyl (C=O) groups is 1. The fourth-order valence-electron chi connectivity index (χ4n) is 3.49. The lowest BCUT2D eigenvalue weighted by Crippen LogP contribution is -2.50. The lowest BCUT2D eigenvalue weighted by atomic mass is 9.73. The van der Waals surface area contributed by atoms with Crippen molar-refractivity contribution in [2.75, 3.05) is 5.32 Å². The van der Waals surface area contributed by atoms with Gasteiger partial charge in [0.15, 0.2) is 0 Å². The molecule has 4 heteroatoms. The van der Waals surface area contributed by atoms with Crippen LogP contribution in [0.5, 0.6) is 0 Å². The molecule has 0 aromatic heterocycles. The van der Waals surface area contributed by atoms with Gasteiger partial charge in [0.05, 0.1) is 0 Å². The Kier molecular flexibility index (Phi) is 3.40. The minimum atomic E-state index is -0.931. The Morgan fingerprint density at radius 2 is 2.10 bits per heavy atom. The first-order valence-corrected chi connectivity index (χ1v) is 7.36. The van der Waals surface area contributed by atoms with E-state index < -0.39 is 11.5 Å². The summed E-state index contributed by atoms with van der Waals surface area (Å²) in [6.07, 6.45) is 5.80. The van der Waals surface area contributed by atoms with Gasteiger partial charge in [-0.15, -0.1) is 0 Å². The number of nitrogens with one attached hydrogen (secondary N) is 1. The predicted octanol–water partition coefficient (Wildman–Crippen LogP) is 3.66. The Morgan fingerprint density at radius 1 is 1.30 bits per heavy atom. The molecule has 2 N–H and O–H groups in total. The zero-order valence-electron chi connectivity index (χ0n) is 11.4. The summed E-state index contributed by atoms with van der Waals surface area (Å²) in [7, 11) is 0. The average Bonchev–Trinajstić information content (AvgIpc) is 3.23. The third kappa shape index (κ3) is 2.65. The largest absolute Gasteiger partial charge is 0.480 e. The number of anilines is 1. The number of halogens is 1. The van der Waals surface area contributed by atoms with E-state index in [4.69, 9.17) is 0 Å². The highest BCUT2D eigenvalue weighted by Crippen LogP contribution is 2.47. The van der Waals surface area contributed by atoms with Crippen molar-refractivity contribution in [2.45, 2.75) is 44.1 Å². The van der Waals surface area contributed by atoms with Gasteiger partial charge < -0.3 is 10.4 Å². The van der Waals surface area contributed by atoms with Gasteiger partial charge in [-0.05, 0) is 62.1 Å². The van der Waals surface area contributed by atoms with Crippen molar-refractivity contribution in [3.63, 3.8) is 0 Å². The zero-order valence-corrected chi connectivity index (χ0v) is 11.4. The molecule has 1 aromatic carbocycles. The molecule has 0 heterocycles. The van der Waals surface area contributed by atoms with Crippen LogP contribution in [0.2, 0.25) is 0 Å². The Balaban J connectivity index is 1.81. The number of hydrogen-bond donors (Lipinski definition) is 2. The molecule has 2 saturated carbocycles. The highest BCUT2D eigenvalue weighted by atomic mass is 19.1. The van der Waals surface area contributed by atoms with Gasteiger partial charge in [-0.3, -0.25) is 0 Å². The SMILES string of the molecule is O=C(O)C1(Nc2cccc(F)c2)CCCC(C2CC2)C1. The van der Waals surface area contributed by atoms with E-state index in [9.17, 15) is 14.3 Å². The molecular formula is C16H20FNO2. The fraction of sp³-hybridized carbons (Fsp3) is 0.562. The Bertz CT molecular complexity index is 515. The zero-order chi connectivity index (χ0) is 14.2. The molecule has 2 unspecified atom stereocenters. The van der Waals surface area contributed by atoms with E-state index in [1.807, 2.05) is 0 Å². The van der Waals surface area contributed by atoms with E-state index in [-0.39, 0.29) is 5.82 Å². The van der Waals surface area contributed by atoms with Gasteiger partial charge in [0.1, 0.15) is 11.4 Å². The van der Waals surface area contributed by atoms with Gasteiger partial charge in [-0.1, -0.05) is 12.5 Å². The predicted molar refractivity (Wildman–Crippen MR) is 75.1 cm³/mol. The Morgan fingerprint density at radius 3 is 2.75 bits per heavy atom. The lowest BCUT2D eigenvalue weighted by molar-refractivity contribution is -0.144. The second-order valence-corrected chi connectivity index (χ2v) is 6.22. The first-order valence-electron chi connectivity index (χ1n) is 7.36. The van der Waals surface area contributed by atoms with Crippen molar-refractivity contribution in [3.8, 4) is 0 Å². The summed E-state index contributed by atoms with van der Waals surface area (Å²) in [5.74, 6) is 0.0569. The number of carboxylic acids is 1. The summed E-state index contributed by atoms with van der Waals surface area (Å²) in [5.41, 5.74) is -0.372. The molecule has 2 fully saturated rings. The Labute approximate surface area is 118 Å². The molecule has 2 atom stereocenters. The molecule has 3 nitrogen and oxygen atoms in total. The third-order valence-corrected chi connectivity index (χ3v) is 4.70. The fourth-order valence-corrected chi connectivity index (χ4v) is 3.49. The van der Waals surface area contributed by atoms with Crippen LogP contribution < -0.4 is 5.32 Å². The smallest absolute Gasteiger partial charge is 0.329 e. The van der Waals surface area contributed by atoms with Crippen LogP contribution in [0.1, 0.15) is 38.5 Å². The van der Waals surface area contributed by atoms with Crippen LogP contribution in [0, 0.1) is 17.7 Å². The molecule has 0 bridgehead atoms. The minimum Gasteiger partial charge on any atom is -0.480 e. The molecule has 2 aliphatic rings. The number of benzene rings is 1. The van der Waals surface area contributed by atoms with Gasteiger partial charge in [0.25, 0.3) is 0 Å². The van der Waals surface area contributed by atoms with Gasteiger partial charge in [-0.25, -0.2) is 9.18 Å². The van der Waals surface area contributed by atoms with E-state index in [0.717, 1.165) is 12.8 Å². The second kappa shape index (κ2) is 5.08. The van der Waals surface area contributed by atoms with Crippen LogP contribution in [0.3, 0.4) is 0 Å². The summed E-state index contributed by atoms with van der Waals surface area (Å²) >= 11 is 0. The second-order valence-electron chi connectivity index (χ2n) is 6.22. The summed E-state index contributed by atoms with van der Waals surface area (Å²) in [5, 5.41) is 12.8. The molecule has 0 saturated heterocycles. The molecule has 20 heavy (non-hydrogen) atoms. The van der Waals surface area contributed by atoms with Crippen LogP contribution in [-0.2, 0) is 4.79 Å². The number of hydrogen-bond acceptors (Lipinski definition) is 2. The maximum absolute atomic E-state index is 13.3. The quantitative estimate of drug-likeness (QED) is 0.883. The van der Waals surface area contributed by atoms with Crippen molar-refractivity contribution in [3.05, 3.63) is 30.1 Å². The summed E-state index contributed by atoms with van der Waals surface area (Å²) in [4.78, 5) is 11.8. The molecular weight excluding hydrogens is 257 g/mol. The molecule has 1 aromatic rings. The highest BCUT2D eigenvalue weighted by Gasteiger charge is 2.46. The van der Waals surface area contributed by atoms with Crippen LogP contribution in [0.25, 0.3) is 0 Å². The molecule has 0 amide bonds. The average molecular weight is 277 g/mol. The Hall–Kier alpha value is -1.58. The summed E-state index contributed by atoms with van der Waals surface area (Å²) in [6.45, 7) is 0. The topological polar surface area (TPSA) is 49.3 Å². The van der Waals surface area contributed by atoms with E-state index in [1.54, 1.807) is 12.1 Å². The van der Waals surface area contributed by atoms with Crippen molar-refractivity contribution >= 4 is 11.7 Å². The molecule has 108 valence electrons. The minimum absolute atomic E-state index is 0.343.